The van der Waals surface area contributed by atoms with Gasteiger partial charge in [0.1, 0.15) is 0 Å². The third-order valence-electron chi connectivity index (χ3n) is 4.05. The third-order valence-corrected chi connectivity index (χ3v) is 4.38. The van der Waals surface area contributed by atoms with Crippen molar-refractivity contribution in [3.05, 3.63) is 0 Å². The van der Waals surface area contributed by atoms with Crippen LogP contribution in [0.3, 0.4) is 0 Å². The zero-order valence-electron chi connectivity index (χ0n) is 11.5. The number of nitrogens with two attached hydrogens (primary N) is 1. The molecule has 0 spiro atoms. The van der Waals surface area contributed by atoms with Gasteiger partial charge in [-0.2, -0.15) is 0 Å². The molecule has 0 aromatic heterocycles. The van der Waals surface area contributed by atoms with Crippen molar-refractivity contribution in [2.75, 3.05) is 19.6 Å². The Kier molecular flexibility index (Phi) is 7.05. The van der Waals surface area contributed by atoms with Crippen molar-refractivity contribution in [1.82, 2.24) is 4.90 Å². The molecule has 1 atom stereocenters. The first kappa shape index (κ1) is 14.9. The fraction of sp³-hybridized carbons (Fsp3) is 0.929. The Morgan fingerprint density at radius 2 is 2.00 bits per heavy atom. The number of unbranched alkanes of at least 4 members (excludes halogenated alkanes) is 1. The monoisotopic (exact) mass is 256 g/mol. The first-order valence-corrected chi connectivity index (χ1v) is 7.59. The van der Waals surface area contributed by atoms with E-state index in [0.717, 1.165) is 10.9 Å². The van der Waals surface area contributed by atoms with E-state index in [1.54, 1.807) is 0 Å². The lowest BCUT2D eigenvalue weighted by Crippen LogP contribution is -2.40. The molecule has 3 heteroatoms. The van der Waals surface area contributed by atoms with E-state index in [1.165, 1.54) is 58.2 Å². The maximum atomic E-state index is 5.72. The number of hydrogen-bond acceptors (Lipinski definition) is 2. The molecule has 1 fully saturated rings. The highest BCUT2D eigenvalue weighted by atomic mass is 32.1. The summed E-state index contributed by atoms with van der Waals surface area (Å²) in [5.74, 6) is 1.38. The minimum Gasteiger partial charge on any atom is -0.393 e. The van der Waals surface area contributed by atoms with Gasteiger partial charge in [-0.15, -0.1) is 0 Å². The van der Waals surface area contributed by atoms with Gasteiger partial charge in [-0.3, -0.25) is 0 Å². The number of piperidine rings is 1. The number of hydrogen-bond donors (Lipinski definition) is 1. The molecule has 0 bridgehead atoms. The number of thiocarbonyl (C=S) groups is 1. The molecule has 0 aliphatic carbocycles. The molecular formula is C14H28N2S. The lowest BCUT2D eigenvalue weighted by atomic mass is 9.94. The topological polar surface area (TPSA) is 29.3 Å². The van der Waals surface area contributed by atoms with Crippen molar-refractivity contribution in [3.8, 4) is 0 Å². The van der Waals surface area contributed by atoms with Crippen molar-refractivity contribution in [3.63, 3.8) is 0 Å². The van der Waals surface area contributed by atoms with Gasteiger partial charge in [0.05, 0.1) is 4.99 Å². The average Bonchev–Trinajstić information content (AvgIpc) is 2.35. The molecule has 1 aliphatic rings. The summed E-state index contributed by atoms with van der Waals surface area (Å²) in [6.45, 7) is 8.25. The molecule has 0 radical (unpaired) electrons. The fourth-order valence-corrected chi connectivity index (χ4v) is 2.92. The minimum absolute atomic E-state index is 0.497. The predicted octanol–water partition coefficient (Wildman–Crippen LogP) is 3.20. The van der Waals surface area contributed by atoms with Crippen molar-refractivity contribution in [2.45, 2.75) is 52.4 Å². The third kappa shape index (κ3) is 5.35. The minimum atomic E-state index is 0.497. The second kappa shape index (κ2) is 8.04. The lowest BCUT2D eigenvalue weighted by Gasteiger charge is -2.33. The first-order valence-electron chi connectivity index (χ1n) is 7.19. The van der Waals surface area contributed by atoms with Crippen LogP contribution in [0.4, 0.5) is 0 Å². The summed E-state index contributed by atoms with van der Waals surface area (Å²) in [5.41, 5.74) is 5.72. The van der Waals surface area contributed by atoms with Crippen LogP contribution in [0.2, 0.25) is 0 Å². The average molecular weight is 256 g/mol. The molecule has 2 N–H and O–H groups in total. The van der Waals surface area contributed by atoms with Crippen LogP contribution >= 0.6 is 12.2 Å². The van der Waals surface area contributed by atoms with Crippen molar-refractivity contribution < 1.29 is 0 Å². The Bertz CT molecular complexity index is 222. The van der Waals surface area contributed by atoms with E-state index >= 15 is 0 Å². The van der Waals surface area contributed by atoms with Crippen molar-refractivity contribution in [1.29, 1.82) is 0 Å². The fourth-order valence-electron chi connectivity index (χ4n) is 2.68. The summed E-state index contributed by atoms with van der Waals surface area (Å²) in [5, 5.41) is 0. The summed E-state index contributed by atoms with van der Waals surface area (Å²) in [7, 11) is 0. The van der Waals surface area contributed by atoms with Crippen LogP contribution < -0.4 is 5.73 Å². The molecule has 1 aliphatic heterocycles. The van der Waals surface area contributed by atoms with Crippen molar-refractivity contribution >= 4 is 17.2 Å². The summed E-state index contributed by atoms with van der Waals surface area (Å²) >= 11 is 5.08. The maximum Gasteiger partial charge on any atom is 0.0759 e. The smallest absolute Gasteiger partial charge is 0.0759 e. The van der Waals surface area contributed by atoms with E-state index in [9.17, 15) is 0 Å². The number of nitrogens with zero attached hydrogens (tertiary/aromatic N) is 1. The normalized spacial score (nSPS) is 20.4. The molecule has 1 unspecified atom stereocenters. The molecular weight excluding hydrogens is 228 g/mol. The van der Waals surface area contributed by atoms with Crippen LogP contribution in [0, 0.1) is 11.8 Å². The second-order valence-electron chi connectivity index (χ2n) is 5.39. The molecule has 2 nitrogen and oxygen atoms in total. The molecule has 1 rings (SSSR count). The number of likely N-dealkylation sites (tertiary alicyclic amines) is 1. The predicted molar refractivity (Wildman–Crippen MR) is 79.3 cm³/mol. The highest BCUT2D eigenvalue weighted by molar-refractivity contribution is 7.80. The molecule has 0 aromatic carbocycles. The SMILES string of the molecule is CCCCC(CC)CN1CCC(C(N)=S)CC1. The van der Waals surface area contributed by atoms with E-state index in [-0.39, 0.29) is 0 Å². The van der Waals surface area contributed by atoms with Gasteiger partial charge >= 0.3 is 0 Å². The van der Waals surface area contributed by atoms with Crippen LogP contribution in [0.25, 0.3) is 0 Å². The quantitative estimate of drug-likeness (QED) is 0.709. The van der Waals surface area contributed by atoms with Gasteiger partial charge in [0.15, 0.2) is 0 Å². The zero-order chi connectivity index (χ0) is 12.7. The van der Waals surface area contributed by atoms with E-state index < -0.39 is 0 Å². The molecule has 0 amide bonds. The van der Waals surface area contributed by atoms with Crippen LogP contribution in [0.5, 0.6) is 0 Å². The highest BCUT2D eigenvalue weighted by Gasteiger charge is 2.22. The van der Waals surface area contributed by atoms with Gasteiger partial charge in [0, 0.05) is 12.5 Å². The highest BCUT2D eigenvalue weighted by Crippen LogP contribution is 2.21. The summed E-state index contributed by atoms with van der Waals surface area (Å²) < 4.78 is 0. The van der Waals surface area contributed by atoms with Gasteiger partial charge in [-0.25, -0.2) is 0 Å². The van der Waals surface area contributed by atoms with E-state index in [4.69, 9.17) is 18.0 Å². The van der Waals surface area contributed by atoms with E-state index in [2.05, 4.69) is 18.7 Å². The Hall–Kier alpha value is -0.150. The van der Waals surface area contributed by atoms with Gasteiger partial charge in [0.2, 0.25) is 0 Å². The number of rotatable bonds is 7. The summed E-state index contributed by atoms with van der Waals surface area (Å²) in [6, 6.07) is 0. The van der Waals surface area contributed by atoms with Gasteiger partial charge in [-0.05, 0) is 38.3 Å². The molecule has 100 valence electrons. The summed E-state index contributed by atoms with van der Waals surface area (Å²) in [6.07, 6.45) is 7.73. The van der Waals surface area contributed by atoms with Crippen molar-refractivity contribution in [2.24, 2.45) is 17.6 Å². The Labute approximate surface area is 112 Å². The largest absolute Gasteiger partial charge is 0.393 e. The Morgan fingerprint density at radius 1 is 1.35 bits per heavy atom. The summed E-state index contributed by atoms with van der Waals surface area (Å²) in [4.78, 5) is 3.33. The van der Waals surface area contributed by atoms with Gasteiger partial charge in [-0.1, -0.05) is 45.3 Å². The standard InChI is InChI=1S/C14H28N2S/c1-3-5-6-12(4-2)11-16-9-7-13(8-10-16)14(15)17/h12-13H,3-11H2,1-2H3,(H2,15,17). The first-order chi connectivity index (χ1) is 8.17. The molecule has 1 saturated heterocycles. The molecule has 0 saturated carbocycles. The van der Waals surface area contributed by atoms with E-state index in [0.29, 0.717) is 5.92 Å². The van der Waals surface area contributed by atoms with Crippen LogP contribution in [0.15, 0.2) is 0 Å². The molecule has 0 aromatic rings. The van der Waals surface area contributed by atoms with Crippen LogP contribution in [-0.2, 0) is 0 Å². The van der Waals surface area contributed by atoms with Crippen LogP contribution in [0.1, 0.15) is 52.4 Å². The lowest BCUT2D eigenvalue weighted by molar-refractivity contribution is 0.173. The Balaban J connectivity index is 2.26. The zero-order valence-corrected chi connectivity index (χ0v) is 12.3. The molecule has 1 heterocycles. The van der Waals surface area contributed by atoms with Gasteiger partial charge < -0.3 is 10.6 Å². The van der Waals surface area contributed by atoms with Crippen LogP contribution in [-0.4, -0.2) is 29.5 Å². The molecule has 17 heavy (non-hydrogen) atoms. The van der Waals surface area contributed by atoms with E-state index in [1.807, 2.05) is 0 Å². The maximum absolute atomic E-state index is 5.72. The van der Waals surface area contributed by atoms with Gasteiger partial charge in [0.25, 0.3) is 0 Å². The second-order valence-corrected chi connectivity index (χ2v) is 5.87. The Morgan fingerprint density at radius 3 is 2.47 bits per heavy atom.